The molecule has 108 valence electrons. The number of hydrogen-bond acceptors (Lipinski definition) is 5. The number of carbonyl (C=O) groups excluding carboxylic acids is 1. The average Bonchev–Trinajstić information content (AvgIpc) is 2.99. The van der Waals surface area contributed by atoms with E-state index in [2.05, 4.69) is 26.2 Å². The molecule has 1 N–H and O–H groups in total. The number of benzene rings is 1. The van der Waals surface area contributed by atoms with E-state index in [1.807, 2.05) is 0 Å². The summed E-state index contributed by atoms with van der Waals surface area (Å²) in [6.45, 7) is 0. The van der Waals surface area contributed by atoms with Crippen LogP contribution in [0.15, 0.2) is 22.7 Å². The minimum atomic E-state index is -0.527. The van der Waals surface area contributed by atoms with Gasteiger partial charge in [0.2, 0.25) is 0 Å². The van der Waals surface area contributed by atoms with Gasteiger partial charge in [0.25, 0.3) is 11.6 Å². The lowest BCUT2D eigenvalue weighted by molar-refractivity contribution is -0.384. The van der Waals surface area contributed by atoms with Crippen LogP contribution in [0.4, 0.5) is 10.8 Å². The van der Waals surface area contributed by atoms with Gasteiger partial charge in [-0.3, -0.25) is 20.2 Å². The highest BCUT2D eigenvalue weighted by molar-refractivity contribution is 9.10. The number of nitrogens with one attached hydrogen (secondary N) is 1. The average molecular weight is 368 g/mol. The van der Waals surface area contributed by atoms with Gasteiger partial charge in [0, 0.05) is 21.5 Å². The summed E-state index contributed by atoms with van der Waals surface area (Å²) in [5.74, 6) is -0.405. The normalized spacial score (nSPS) is 13.0. The van der Waals surface area contributed by atoms with Gasteiger partial charge in [-0.05, 0) is 41.3 Å². The summed E-state index contributed by atoms with van der Waals surface area (Å²) in [5, 5.41) is 14.0. The fourth-order valence-electron chi connectivity index (χ4n) is 2.21. The van der Waals surface area contributed by atoms with Crippen LogP contribution in [0, 0.1) is 10.1 Å². The van der Waals surface area contributed by atoms with Crippen LogP contribution in [0.3, 0.4) is 0 Å². The Labute approximate surface area is 132 Å². The van der Waals surface area contributed by atoms with Crippen LogP contribution in [0.25, 0.3) is 0 Å². The molecule has 0 fully saturated rings. The van der Waals surface area contributed by atoms with Crippen molar-refractivity contribution in [1.82, 2.24) is 4.98 Å². The third-order valence-corrected chi connectivity index (χ3v) is 4.99. The molecule has 0 aliphatic heterocycles. The van der Waals surface area contributed by atoms with Gasteiger partial charge in [0.15, 0.2) is 5.13 Å². The first-order valence-corrected chi connectivity index (χ1v) is 7.89. The maximum atomic E-state index is 12.2. The van der Waals surface area contributed by atoms with Crippen molar-refractivity contribution in [3.05, 3.63) is 48.9 Å². The lowest BCUT2D eigenvalue weighted by atomic mass is 10.2. The molecule has 21 heavy (non-hydrogen) atoms. The number of thiazole rings is 1. The number of halogens is 1. The zero-order valence-corrected chi connectivity index (χ0v) is 13.2. The summed E-state index contributed by atoms with van der Waals surface area (Å²) < 4.78 is 0.509. The monoisotopic (exact) mass is 367 g/mol. The van der Waals surface area contributed by atoms with E-state index < -0.39 is 10.8 Å². The Kier molecular flexibility index (Phi) is 3.73. The smallest absolute Gasteiger partial charge is 0.270 e. The number of nitrogens with zero attached hydrogens (tertiary/aromatic N) is 2. The molecular formula is C13H10BrN3O3S. The van der Waals surface area contributed by atoms with Crippen LogP contribution in [-0.4, -0.2) is 15.8 Å². The zero-order chi connectivity index (χ0) is 15.0. The largest absolute Gasteiger partial charge is 0.298 e. The number of rotatable bonds is 3. The molecule has 1 aromatic carbocycles. The molecule has 2 aromatic rings. The minimum absolute atomic E-state index is 0.120. The van der Waals surface area contributed by atoms with Gasteiger partial charge >= 0.3 is 0 Å². The van der Waals surface area contributed by atoms with E-state index in [9.17, 15) is 14.9 Å². The Bertz CT molecular complexity index is 723. The lowest BCUT2D eigenvalue weighted by Crippen LogP contribution is -2.13. The third kappa shape index (κ3) is 2.81. The number of aryl methyl sites for hydroxylation is 2. The van der Waals surface area contributed by atoms with Crippen LogP contribution in [-0.2, 0) is 12.8 Å². The molecule has 0 radical (unpaired) electrons. The highest BCUT2D eigenvalue weighted by atomic mass is 79.9. The summed E-state index contributed by atoms with van der Waals surface area (Å²) in [7, 11) is 0. The number of aromatic nitrogens is 1. The van der Waals surface area contributed by atoms with Gasteiger partial charge < -0.3 is 0 Å². The molecule has 6 nitrogen and oxygen atoms in total. The van der Waals surface area contributed by atoms with Crippen LogP contribution in [0.2, 0.25) is 0 Å². The van der Waals surface area contributed by atoms with Crippen molar-refractivity contribution >= 4 is 44.0 Å². The summed E-state index contributed by atoms with van der Waals surface area (Å²) in [4.78, 5) is 28.1. The van der Waals surface area contributed by atoms with Crippen molar-refractivity contribution in [3.63, 3.8) is 0 Å². The first kappa shape index (κ1) is 14.2. The number of non-ortho nitro benzene ring substituents is 1. The Balaban J connectivity index is 1.84. The summed E-state index contributed by atoms with van der Waals surface area (Å²) in [6, 6.07) is 4.09. The summed E-state index contributed by atoms with van der Waals surface area (Å²) >= 11 is 4.71. The number of fused-ring (bicyclic) bond motifs is 1. The zero-order valence-electron chi connectivity index (χ0n) is 10.8. The van der Waals surface area contributed by atoms with E-state index in [1.165, 1.54) is 34.4 Å². The van der Waals surface area contributed by atoms with Gasteiger partial charge in [-0.1, -0.05) is 0 Å². The molecule has 1 amide bonds. The van der Waals surface area contributed by atoms with Crippen molar-refractivity contribution in [1.29, 1.82) is 0 Å². The van der Waals surface area contributed by atoms with E-state index in [0.29, 0.717) is 9.60 Å². The number of nitro benzene ring substituents is 1. The Morgan fingerprint density at radius 3 is 2.95 bits per heavy atom. The van der Waals surface area contributed by atoms with Crippen LogP contribution >= 0.6 is 27.3 Å². The van der Waals surface area contributed by atoms with Crippen molar-refractivity contribution in [2.75, 3.05) is 5.32 Å². The van der Waals surface area contributed by atoms with Gasteiger partial charge in [-0.25, -0.2) is 4.98 Å². The van der Waals surface area contributed by atoms with Gasteiger partial charge in [-0.15, -0.1) is 11.3 Å². The highest BCUT2D eigenvalue weighted by Crippen LogP contribution is 2.31. The molecule has 0 saturated carbocycles. The van der Waals surface area contributed by atoms with E-state index in [-0.39, 0.29) is 11.3 Å². The molecule has 0 bridgehead atoms. The standard InChI is InChI=1S/C13H10BrN3O3S/c14-9-5-4-7(17(19)20)6-8(9)12(18)16-13-15-10-2-1-3-11(10)21-13/h4-6H,1-3H2,(H,15,16,18). The van der Waals surface area contributed by atoms with Crippen LogP contribution in [0.5, 0.6) is 0 Å². The molecular weight excluding hydrogens is 358 g/mol. The van der Waals surface area contributed by atoms with Gasteiger partial charge in [0.1, 0.15) is 0 Å². The van der Waals surface area contributed by atoms with Crippen molar-refractivity contribution in [2.45, 2.75) is 19.3 Å². The lowest BCUT2D eigenvalue weighted by Gasteiger charge is -2.04. The first-order valence-electron chi connectivity index (χ1n) is 6.28. The predicted octanol–water partition coefficient (Wildman–Crippen LogP) is 3.55. The number of nitro groups is 1. The molecule has 0 spiro atoms. The minimum Gasteiger partial charge on any atom is -0.298 e. The first-order chi connectivity index (χ1) is 10.0. The third-order valence-electron chi connectivity index (χ3n) is 3.22. The maximum absolute atomic E-state index is 12.2. The van der Waals surface area contributed by atoms with E-state index >= 15 is 0 Å². The maximum Gasteiger partial charge on any atom is 0.270 e. The molecule has 1 aliphatic carbocycles. The molecule has 1 aromatic heterocycles. The van der Waals surface area contributed by atoms with Crippen molar-refractivity contribution in [3.8, 4) is 0 Å². The molecule has 0 atom stereocenters. The van der Waals surface area contributed by atoms with Crippen molar-refractivity contribution in [2.24, 2.45) is 0 Å². The molecule has 1 aliphatic rings. The fraction of sp³-hybridized carbons (Fsp3) is 0.231. The van der Waals surface area contributed by atoms with E-state index in [0.717, 1.165) is 25.0 Å². The van der Waals surface area contributed by atoms with E-state index in [1.54, 1.807) is 0 Å². The second kappa shape index (κ2) is 5.53. The number of carbonyl (C=O) groups is 1. The molecule has 3 rings (SSSR count). The predicted molar refractivity (Wildman–Crippen MR) is 82.9 cm³/mol. The number of hydrogen-bond donors (Lipinski definition) is 1. The Morgan fingerprint density at radius 1 is 1.43 bits per heavy atom. The van der Waals surface area contributed by atoms with Crippen LogP contribution in [0.1, 0.15) is 27.3 Å². The second-order valence-electron chi connectivity index (χ2n) is 4.62. The van der Waals surface area contributed by atoms with Gasteiger partial charge in [0.05, 0.1) is 16.2 Å². The van der Waals surface area contributed by atoms with Gasteiger partial charge in [-0.2, -0.15) is 0 Å². The molecule has 0 saturated heterocycles. The quantitative estimate of drug-likeness (QED) is 0.663. The van der Waals surface area contributed by atoms with Crippen LogP contribution < -0.4 is 5.32 Å². The molecule has 0 unspecified atom stereocenters. The number of anilines is 1. The van der Waals surface area contributed by atoms with Crippen molar-refractivity contribution < 1.29 is 9.72 Å². The fourth-order valence-corrected chi connectivity index (χ4v) is 3.68. The molecule has 1 heterocycles. The second-order valence-corrected chi connectivity index (χ2v) is 6.56. The Hall–Kier alpha value is -1.80. The summed E-state index contributed by atoms with van der Waals surface area (Å²) in [6.07, 6.45) is 3.06. The van der Waals surface area contributed by atoms with E-state index in [4.69, 9.17) is 0 Å². The summed E-state index contributed by atoms with van der Waals surface area (Å²) in [5.41, 5.74) is 1.15. The number of amides is 1. The SMILES string of the molecule is O=C(Nc1nc2c(s1)CCC2)c1cc([N+](=O)[O-])ccc1Br. The highest BCUT2D eigenvalue weighted by Gasteiger charge is 2.20. The topological polar surface area (TPSA) is 85.1 Å². The molecule has 8 heteroatoms. The Morgan fingerprint density at radius 2 is 2.24 bits per heavy atom.